The third kappa shape index (κ3) is 11.0. The largest absolute Gasteiger partial charge is 0.444 e. The summed E-state index contributed by atoms with van der Waals surface area (Å²) in [6.07, 6.45) is 1.33. The molecule has 0 aromatic rings. The van der Waals surface area contributed by atoms with Crippen LogP contribution in [0.15, 0.2) is 0 Å². The van der Waals surface area contributed by atoms with Crippen molar-refractivity contribution in [1.29, 1.82) is 0 Å². The highest BCUT2D eigenvalue weighted by Gasteiger charge is 2.30. The molecule has 2 aliphatic heterocycles. The number of carbonyl (C=O) groups excluding carboxylic acids is 3. The summed E-state index contributed by atoms with van der Waals surface area (Å²) in [6.45, 7) is 15.5. The first kappa shape index (κ1) is 25.9. The molecule has 2 saturated heterocycles. The van der Waals surface area contributed by atoms with Crippen LogP contribution in [0.4, 0.5) is 9.59 Å². The maximum Gasteiger partial charge on any atom is 0.410 e. The molecular formula is C20H36N2O5S2. The molecule has 9 heteroatoms. The third-order valence-electron chi connectivity index (χ3n) is 3.94. The van der Waals surface area contributed by atoms with Crippen LogP contribution in [0.3, 0.4) is 0 Å². The summed E-state index contributed by atoms with van der Waals surface area (Å²) < 4.78 is 10.5. The first-order valence-corrected chi connectivity index (χ1v) is 11.4. The van der Waals surface area contributed by atoms with Gasteiger partial charge in [-0.25, -0.2) is 9.59 Å². The fraction of sp³-hybridized carbons (Fsp3) is 0.850. The van der Waals surface area contributed by atoms with E-state index in [-0.39, 0.29) is 22.6 Å². The minimum atomic E-state index is -0.455. The number of nitrogens with zero attached hydrogens (tertiary/aromatic N) is 2. The van der Waals surface area contributed by atoms with E-state index in [2.05, 4.69) is 12.6 Å². The number of hydrogen-bond donors (Lipinski definition) is 1. The highest BCUT2D eigenvalue weighted by atomic mass is 32.2. The standard InChI is InChI=1S/C11H19NO3S.C9H17NO2S/c1-8(13)16-9-5-6-12(7-9)10(14)15-11(2,3)4;1-9(2,3)12-8(11)10-5-4-7(13)6-10/h9H,5-7H2,1-4H3;7,13H,4-6H2,1-3H3/t9-;7-/m11/s1. The summed E-state index contributed by atoms with van der Waals surface area (Å²) in [7, 11) is 0. The zero-order valence-corrected chi connectivity index (χ0v) is 20.4. The second kappa shape index (κ2) is 10.8. The molecule has 0 saturated carbocycles. The van der Waals surface area contributed by atoms with Crippen molar-refractivity contribution in [2.24, 2.45) is 0 Å². The molecule has 0 bridgehead atoms. The Bertz CT molecular complexity index is 586. The molecule has 2 heterocycles. The number of thioether (sulfide) groups is 1. The van der Waals surface area contributed by atoms with E-state index in [1.165, 1.54) is 11.8 Å². The molecule has 2 fully saturated rings. The minimum Gasteiger partial charge on any atom is -0.444 e. The topological polar surface area (TPSA) is 76.1 Å². The number of amides is 2. The fourth-order valence-corrected chi connectivity index (χ4v) is 4.05. The van der Waals surface area contributed by atoms with Gasteiger partial charge in [-0.2, -0.15) is 12.6 Å². The monoisotopic (exact) mass is 448 g/mol. The van der Waals surface area contributed by atoms with Crippen LogP contribution in [-0.2, 0) is 14.3 Å². The first-order chi connectivity index (χ1) is 13.2. The fourth-order valence-electron chi connectivity index (χ4n) is 2.79. The normalized spacial score (nSPS) is 22.1. The lowest BCUT2D eigenvalue weighted by molar-refractivity contribution is -0.109. The van der Waals surface area contributed by atoms with Crippen molar-refractivity contribution in [3.63, 3.8) is 0 Å². The van der Waals surface area contributed by atoms with Crippen molar-refractivity contribution in [3.05, 3.63) is 0 Å². The smallest absolute Gasteiger partial charge is 0.410 e. The quantitative estimate of drug-likeness (QED) is 0.606. The summed E-state index contributed by atoms with van der Waals surface area (Å²) in [5.41, 5.74) is -0.853. The summed E-state index contributed by atoms with van der Waals surface area (Å²) >= 11 is 5.62. The molecule has 2 aliphatic rings. The molecule has 0 unspecified atom stereocenters. The predicted molar refractivity (Wildman–Crippen MR) is 120 cm³/mol. The Morgan fingerprint density at radius 2 is 1.31 bits per heavy atom. The van der Waals surface area contributed by atoms with Crippen LogP contribution in [0.5, 0.6) is 0 Å². The maximum atomic E-state index is 11.7. The Morgan fingerprint density at radius 3 is 1.69 bits per heavy atom. The van der Waals surface area contributed by atoms with Crippen LogP contribution >= 0.6 is 24.4 Å². The van der Waals surface area contributed by atoms with Crippen LogP contribution < -0.4 is 0 Å². The van der Waals surface area contributed by atoms with Crippen LogP contribution in [0, 0.1) is 0 Å². The van der Waals surface area contributed by atoms with Crippen molar-refractivity contribution in [2.75, 3.05) is 26.2 Å². The molecule has 2 rings (SSSR count). The molecule has 0 radical (unpaired) electrons. The number of thiol groups is 1. The number of rotatable bonds is 1. The molecule has 0 N–H and O–H groups in total. The van der Waals surface area contributed by atoms with Crippen molar-refractivity contribution in [1.82, 2.24) is 9.80 Å². The van der Waals surface area contributed by atoms with Gasteiger partial charge in [0, 0.05) is 43.6 Å². The van der Waals surface area contributed by atoms with Gasteiger partial charge in [-0.3, -0.25) is 4.79 Å². The SMILES string of the molecule is CC(=O)S[C@@H]1CCN(C(=O)OC(C)(C)C)C1.CC(C)(C)OC(=O)N1CC[C@@H](S)C1. The molecule has 0 spiro atoms. The van der Waals surface area contributed by atoms with Gasteiger partial charge in [-0.15, -0.1) is 0 Å². The second-order valence-electron chi connectivity index (χ2n) is 9.32. The first-order valence-electron chi connectivity index (χ1n) is 9.97. The number of ether oxygens (including phenoxy) is 2. The van der Waals surface area contributed by atoms with E-state index < -0.39 is 11.2 Å². The lowest BCUT2D eigenvalue weighted by Crippen LogP contribution is -2.35. The Hall–Kier alpha value is -1.09. The lowest BCUT2D eigenvalue weighted by atomic mass is 10.2. The number of hydrogen-bond acceptors (Lipinski definition) is 7. The lowest BCUT2D eigenvalue weighted by Gasteiger charge is -2.24. The van der Waals surface area contributed by atoms with Gasteiger partial charge in [0.25, 0.3) is 0 Å². The molecule has 168 valence electrons. The Balaban J connectivity index is 0.000000296. The van der Waals surface area contributed by atoms with E-state index in [0.717, 1.165) is 19.4 Å². The summed E-state index contributed by atoms with van der Waals surface area (Å²) in [6, 6.07) is 0. The average Bonchev–Trinajstić information content (AvgIpc) is 3.13. The molecular weight excluding hydrogens is 412 g/mol. The molecule has 0 aromatic heterocycles. The van der Waals surface area contributed by atoms with E-state index in [9.17, 15) is 14.4 Å². The number of carbonyl (C=O) groups is 3. The Kier molecular flexibility index (Phi) is 9.66. The zero-order valence-electron chi connectivity index (χ0n) is 18.7. The van der Waals surface area contributed by atoms with Gasteiger partial charge in [0.15, 0.2) is 5.12 Å². The van der Waals surface area contributed by atoms with Crippen molar-refractivity contribution in [2.45, 2.75) is 83.0 Å². The molecule has 0 aliphatic carbocycles. The molecule has 2 atom stereocenters. The van der Waals surface area contributed by atoms with Gasteiger partial charge in [0.05, 0.1) is 0 Å². The Labute approximate surface area is 184 Å². The summed E-state index contributed by atoms with van der Waals surface area (Å²) in [5.74, 6) is 0. The third-order valence-corrected chi connectivity index (χ3v) is 5.42. The van der Waals surface area contributed by atoms with Crippen molar-refractivity contribution < 1.29 is 23.9 Å². The van der Waals surface area contributed by atoms with Gasteiger partial charge < -0.3 is 19.3 Å². The molecule has 29 heavy (non-hydrogen) atoms. The van der Waals surface area contributed by atoms with E-state index in [1.54, 1.807) is 16.7 Å². The van der Waals surface area contributed by atoms with E-state index in [0.29, 0.717) is 24.9 Å². The summed E-state index contributed by atoms with van der Waals surface area (Å²) in [4.78, 5) is 37.5. The van der Waals surface area contributed by atoms with Crippen LogP contribution in [0.2, 0.25) is 0 Å². The highest BCUT2D eigenvalue weighted by Crippen LogP contribution is 2.24. The van der Waals surface area contributed by atoms with E-state index in [1.807, 2.05) is 41.5 Å². The predicted octanol–water partition coefficient (Wildman–Crippen LogP) is 4.20. The van der Waals surface area contributed by atoms with Gasteiger partial charge in [-0.1, -0.05) is 11.8 Å². The molecule has 2 amide bonds. The molecule has 7 nitrogen and oxygen atoms in total. The van der Waals surface area contributed by atoms with Gasteiger partial charge >= 0.3 is 12.2 Å². The van der Waals surface area contributed by atoms with Crippen molar-refractivity contribution >= 4 is 41.7 Å². The number of likely N-dealkylation sites (tertiary alicyclic amines) is 2. The zero-order chi connectivity index (χ0) is 22.4. The minimum absolute atomic E-state index is 0.107. The molecule has 0 aromatic carbocycles. The maximum absolute atomic E-state index is 11.7. The van der Waals surface area contributed by atoms with E-state index in [4.69, 9.17) is 9.47 Å². The highest BCUT2D eigenvalue weighted by molar-refractivity contribution is 8.14. The second-order valence-corrected chi connectivity index (χ2v) is 11.5. The van der Waals surface area contributed by atoms with Crippen LogP contribution in [-0.4, -0.2) is 75.0 Å². The van der Waals surface area contributed by atoms with Crippen molar-refractivity contribution in [3.8, 4) is 0 Å². The van der Waals surface area contributed by atoms with Gasteiger partial charge in [-0.05, 0) is 54.4 Å². The van der Waals surface area contributed by atoms with Crippen LogP contribution in [0.1, 0.15) is 61.3 Å². The summed E-state index contributed by atoms with van der Waals surface area (Å²) in [5, 5.41) is 0.647. The van der Waals surface area contributed by atoms with Gasteiger partial charge in [0.1, 0.15) is 11.2 Å². The Morgan fingerprint density at radius 1 is 0.862 bits per heavy atom. The average molecular weight is 449 g/mol. The van der Waals surface area contributed by atoms with E-state index >= 15 is 0 Å². The van der Waals surface area contributed by atoms with Crippen LogP contribution in [0.25, 0.3) is 0 Å². The van der Waals surface area contributed by atoms with Gasteiger partial charge in [0.2, 0.25) is 0 Å².